The van der Waals surface area contributed by atoms with E-state index in [0.717, 1.165) is 5.56 Å². The third-order valence-corrected chi connectivity index (χ3v) is 4.60. The lowest BCUT2D eigenvalue weighted by Crippen LogP contribution is -2.24. The number of hydrogen-bond acceptors (Lipinski definition) is 5. The molecule has 0 aliphatic carbocycles. The van der Waals surface area contributed by atoms with E-state index in [1.54, 1.807) is 0 Å². The van der Waals surface area contributed by atoms with Crippen LogP contribution >= 0.6 is 0 Å². The Balaban J connectivity index is 1.95. The molecular weight excluding hydrogens is 356 g/mol. The first-order chi connectivity index (χ1) is 12.3. The minimum absolute atomic E-state index is 0.123. The first kappa shape index (κ1) is 19.6. The maximum absolute atomic E-state index is 12.2. The standard InChI is InChI=1S/C18H20N2O5S/c1-2-16(13-7-4-3-5-8-13)18(22)25-12-17(21)20-14-9-6-10-15(11-14)26(19,23)24/h3-11,16H,2,12H2,1H3,(H,20,21)(H2,19,23,24). The van der Waals surface area contributed by atoms with Crippen molar-refractivity contribution in [2.75, 3.05) is 11.9 Å². The van der Waals surface area contributed by atoms with E-state index in [-0.39, 0.29) is 10.6 Å². The predicted octanol–water partition coefficient (Wildman–Crippen LogP) is 2.01. The van der Waals surface area contributed by atoms with Crippen LogP contribution in [0.2, 0.25) is 0 Å². The number of esters is 1. The van der Waals surface area contributed by atoms with Crippen LogP contribution in [0.5, 0.6) is 0 Å². The second-order valence-electron chi connectivity index (χ2n) is 5.60. The van der Waals surface area contributed by atoms with Crippen molar-refractivity contribution in [1.29, 1.82) is 0 Å². The molecule has 0 saturated heterocycles. The molecule has 7 nitrogen and oxygen atoms in total. The van der Waals surface area contributed by atoms with Crippen LogP contribution in [0.25, 0.3) is 0 Å². The number of nitrogens with two attached hydrogens (primary N) is 1. The summed E-state index contributed by atoms with van der Waals surface area (Å²) < 4.78 is 27.7. The normalized spacial score (nSPS) is 12.2. The van der Waals surface area contributed by atoms with E-state index in [4.69, 9.17) is 9.88 Å². The average Bonchev–Trinajstić information content (AvgIpc) is 2.61. The lowest BCUT2D eigenvalue weighted by molar-refractivity contribution is -0.149. The lowest BCUT2D eigenvalue weighted by Gasteiger charge is -2.14. The number of benzene rings is 2. The van der Waals surface area contributed by atoms with E-state index in [1.165, 1.54) is 24.3 Å². The third-order valence-electron chi connectivity index (χ3n) is 3.69. The topological polar surface area (TPSA) is 116 Å². The van der Waals surface area contributed by atoms with E-state index in [0.29, 0.717) is 6.42 Å². The lowest BCUT2D eigenvalue weighted by atomic mass is 9.97. The molecule has 138 valence electrons. The van der Waals surface area contributed by atoms with Gasteiger partial charge in [-0.1, -0.05) is 43.3 Å². The Morgan fingerprint density at radius 2 is 1.81 bits per heavy atom. The van der Waals surface area contributed by atoms with Gasteiger partial charge in [0.2, 0.25) is 10.0 Å². The molecule has 2 aromatic rings. The van der Waals surface area contributed by atoms with Crippen LogP contribution in [0.1, 0.15) is 24.8 Å². The monoisotopic (exact) mass is 376 g/mol. The molecule has 0 radical (unpaired) electrons. The zero-order chi connectivity index (χ0) is 19.2. The number of anilines is 1. The number of rotatable bonds is 7. The van der Waals surface area contributed by atoms with Gasteiger partial charge in [-0.3, -0.25) is 9.59 Å². The summed E-state index contributed by atoms with van der Waals surface area (Å²) in [4.78, 5) is 24.1. The van der Waals surface area contributed by atoms with Crippen LogP contribution in [0.3, 0.4) is 0 Å². The SMILES string of the molecule is CCC(C(=O)OCC(=O)Nc1cccc(S(N)(=O)=O)c1)c1ccccc1. The van der Waals surface area contributed by atoms with E-state index in [9.17, 15) is 18.0 Å². The number of carbonyl (C=O) groups is 2. The van der Waals surface area contributed by atoms with Crippen LogP contribution < -0.4 is 10.5 Å². The summed E-state index contributed by atoms with van der Waals surface area (Å²) >= 11 is 0. The molecule has 2 aromatic carbocycles. The van der Waals surface area contributed by atoms with E-state index in [1.807, 2.05) is 37.3 Å². The molecule has 1 amide bonds. The maximum atomic E-state index is 12.2. The molecule has 0 aliphatic heterocycles. The summed E-state index contributed by atoms with van der Waals surface area (Å²) in [5, 5.41) is 7.52. The Hall–Kier alpha value is -2.71. The van der Waals surface area contributed by atoms with Crippen LogP contribution in [-0.2, 0) is 24.3 Å². The van der Waals surface area contributed by atoms with Crippen molar-refractivity contribution in [3.63, 3.8) is 0 Å². The number of amides is 1. The number of nitrogens with one attached hydrogen (secondary N) is 1. The molecular formula is C18H20N2O5S. The second-order valence-corrected chi connectivity index (χ2v) is 7.16. The van der Waals surface area contributed by atoms with Gasteiger partial charge in [-0.15, -0.1) is 0 Å². The minimum atomic E-state index is -3.87. The minimum Gasteiger partial charge on any atom is -0.455 e. The summed E-state index contributed by atoms with van der Waals surface area (Å²) in [5.74, 6) is -1.52. The predicted molar refractivity (Wildman–Crippen MR) is 96.9 cm³/mol. The van der Waals surface area contributed by atoms with Gasteiger partial charge in [0.15, 0.2) is 6.61 Å². The number of carbonyl (C=O) groups excluding carboxylic acids is 2. The van der Waals surface area contributed by atoms with Crippen LogP contribution in [0, 0.1) is 0 Å². The Bertz CT molecular complexity index is 881. The first-order valence-corrected chi connectivity index (χ1v) is 9.50. The van der Waals surface area contributed by atoms with Crippen molar-refractivity contribution in [2.24, 2.45) is 5.14 Å². The number of primary sulfonamides is 1. The van der Waals surface area contributed by atoms with Crippen molar-refractivity contribution in [3.8, 4) is 0 Å². The second kappa shape index (κ2) is 8.59. The summed E-state index contributed by atoms with van der Waals surface area (Å²) in [5.41, 5.74) is 1.06. The Morgan fingerprint density at radius 1 is 1.12 bits per heavy atom. The molecule has 0 heterocycles. The maximum Gasteiger partial charge on any atom is 0.313 e. The summed E-state index contributed by atoms with van der Waals surface area (Å²) in [6, 6.07) is 14.7. The molecule has 0 spiro atoms. The quantitative estimate of drug-likeness (QED) is 0.717. The van der Waals surface area contributed by atoms with Gasteiger partial charge < -0.3 is 10.1 Å². The van der Waals surface area contributed by atoms with Gasteiger partial charge >= 0.3 is 5.97 Å². The van der Waals surface area contributed by atoms with Crippen molar-refractivity contribution in [1.82, 2.24) is 0 Å². The van der Waals surface area contributed by atoms with Gasteiger partial charge in [0.1, 0.15) is 0 Å². The fourth-order valence-corrected chi connectivity index (χ4v) is 2.97. The molecule has 3 N–H and O–H groups in total. The fraction of sp³-hybridized carbons (Fsp3) is 0.222. The van der Waals surface area contributed by atoms with E-state index in [2.05, 4.69) is 5.32 Å². The molecule has 0 aliphatic rings. The van der Waals surface area contributed by atoms with E-state index >= 15 is 0 Å². The highest BCUT2D eigenvalue weighted by Crippen LogP contribution is 2.20. The van der Waals surface area contributed by atoms with Gasteiger partial charge in [0.25, 0.3) is 5.91 Å². The van der Waals surface area contributed by atoms with Gasteiger partial charge in [-0.2, -0.15) is 0 Å². The molecule has 1 atom stereocenters. The molecule has 26 heavy (non-hydrogen) atoms. The molecule has 1 unspecified atom stereocenters. The first-order valence-electron chi connectivity index (χ1n) is 7.95. The molecule has 2 rings (SSSR count). The van der Waals surface area contributed by atoms with Gasteiger partial charge in [-0.05, 0) is 30.2 Å². The molecule has 8 heteroatoms. The zero-order valence-electron chi connectivity index (χ0n) is 14.2. The Labute approximate surface area is 152 Å². The Kier molecular flexibility index (Phi) is 6.48. The summed E-state index contributed by atoms with van der Waals surface area (Å²) in [7, 11) is -3.87. The third kappa shape index (κ3) is 5.40. The molecule has 0 aromatic heterocycles. The van der Waals surface area contributed by atoms with E-state index < -0.39 is 34.4 Å². The Morgan fingerprint density at radius 3 is 2.42 bits per heavy atom. The van der Waals surface area contributed by atoms with Crippen LogP contribution in [-0.4, -0.2) is 26.9 Å². The van der Waals surface area contributed by atoms with Gasteiger partial charge in [0, 0.05) is 5.69 Å². The zero-order valence-corrected chi connectivity index (χ0v) is 15.0. The number of ether oxygens (including phenoxy) is 1. The summed E-state index contributed by atoms with van der Waals surface area (Å²) in [6.45, 7) is 1.39. The van der Waals surface area contributed by atoms with Gasteiger partial charge in [0.05, 0.1) is 10.8 Å². The van der Waals surface area contributed by atoms with Crippen molar-refractivity contribution in [2.45, 2.75) is 24.2 Å². The number of hydrogen-bond donors (Lipinski definition) is 2. The summed E-state index contributed by atoms with van der Waals surface area (Å²) in [6.07, 6.45) is 0.543. The fourth-order valence-electron chi connectivity index (χ4n) is 2.41. The number of sulfonamides is 1. The highest BCUT2D eigenvalue weighted by Gasteiger charge is 2.21. The largest absolute Gasteiger partial charge is 0.455 e. The smallest absolute Gasteiger partial charge is 0.313 e. The average molecular weight is 376 g/mol. The molecule has 0 fully saturated rings. The highest BCUT2D eigenvalue weighted by atomic mass is 32.2. The van der Waals surface area contributed by atoms with Crippen molar-refractivity contribution >= 4 is 27.6 Å². The molecule has 0 saturated carbocycles. The molecule has 0 bridgehead atoms. The van der Waals surface area contributed by atoms with Crippen LogP contribution in [0.15, 0.2) is 59.5 Å². The van der Waals surface area contributed by atoms with Crippen molar-refractivity contribution in [3.05, 3.63) is 60.2 Å². The van der Waals surface area contributed by atoms with Crippen molar-refractivity contribution < 1.29 is 22.7 Å². The highest BCUT2D eigenvalue weighted by molar-refractivity contribution is 7.89. The van der Waals surface area contributed by atoms with Crippen LogP contribution in [0.4, 0.5) is 5.69 Å². The van der Waals surface area contributed by atoms with Gasteiger partial charge in [-0.25, -0.2) is 13.6 Å².